The van der Waals surface area contributed by atoms with Crippen molar-refractivity contribution in [2.75, 3.05) is 5.73 Å². The molecule has 2 aromatic rings. The number of rotatable bonds is 0. The molecule has 0 saturated carbocycles. The third-order valence-corrected chi connectivity index (χ3v) is 2.42. The number of hydrogen-bond donors (Lipinski definition) is 1. The highest BCUT2D eigenvalue weighted by atomic mass is 32.1. The van der Waals surface area contributed by atoms with Crippen molar-refractivity contribution < 1.29 is 0 Å². The molecule has 0 aliphatic heterocycles. The van der Waals surface area contributed by atoms with Gasteiger partial charge in [-0.15, -0.1) is 0 Å². The Bertz CT molecular complexity index is 392. The van der Waals surface area contributed by atoms with Gasteiger partial charge in [0.2, 0.25) is 0 Å². The van der Waals surface area contributed by atoms with Crippen LogP contribution < -0.4 is 5.73 Å². The molecule has 0 aliphatic carbocycles. The molecule has 2 N–H and O–H groups in total. The van der Waals surface area contributed by atoms with Gasteiger partial charge in [-0.25, -0.2) is 4.98 Å². The number of nitrogen functional groups attached to an aromatic ring is 1. The summed E-state index contributed by atoms with van der Waals surface area (Å²) in [4.78, 5) is 5.37. The molecule has 0 aromatic carbocycles. The van der Waals surface area contributed by atoms with Gasteiger partial charge in [-0.2, -0.15) is 0 Å². The summed E-state index contributed by atoms with van der Waals surface area (Å²) in [6.45, 7) is 1.98. The molecule has 2 aromatic heterocycles. The third-order valence-electron chi connectivity index (χ3n) is 1.54. The van der Waals surface area contributed by atoms with Crippen LogP contribution in [0.4, 0.5) is 5.00 Å². The van der Waals surface area contributed by atoms with Crippen molar-refractivity contribution in [3.63, 3.8) is 0 Å². The van der Waals surface area contributed by atoms with E-state index in [9.17, 15) is 0 Å². The van der Waals surface area contributed by atoms with Crippen LogP contribution in [-0.4, -0.2) is 4.98 Å². The number of aromatic nitrogens is 1. The van der Waals surface area contributed by atoms with Crippen LogP contribution in [-0.2, 0) is 0 Å². The highest BCUT2D eigenvalue weighted by molar-refractivity contribution is 7.22. The molecule has 0 radical (unpaired) electrons. The normalized spacial score (nSPS) is 10.6. The van der Waals surface area contributed by atoms with Crippen molar-refractivity contribution in [3.8, 4) is 0 Å². The van der Waals surface area contributed by atoms with Crippen LogP contribution in [0.3, 0.4) is 0 Å². The zero-order valence-electron chi connectivity index (χ0n) is 6.16. The number of thiophene rings is 1. The molecule has 3 heteroatoms. The lowest BCUT2D eigenvalue weighted by Gasteiger charge is -1.89. The van der Waals surface area contributed by atoms with E-state index in [2.05, 4.69) is 4.98 Å². The minimum atomic E-state index is 0.832. The standard InChI is InChI=1S/C8H8N2S/c1-5-2-3-6-4-7(9)11-8(6)10-5/h2-4H,9H2,1H3. The maximum absolute atomic E-state index is 5.62. The number of nitrogens with two attached hydrogens (primary N) is 1. The molecule has 0 aliphatic rings. The van der Waals surface area contributed by atoms with E-state index in [-0.39, 0.29) is 0 Å². The summed E-state index contributed by atoms with van der Waals surface area (Å²) in [5.41, 5.74) is 6.66. The van der Waals surface area contributed by atoms with Gasteiger partial charge in [0.25, 0.3) is 0 Å². The lowest BCUT2D eigenvalue weighted by Crippen LogP contribution is -1.75. The second-order valence-electron chi connectivity index (χ2n) is 2.50. The van der Waals surface area contributed by atoms with Crippen LogP contribution in [0.2, 0.25) is 0 Å². The number of hydrogen-bond acceptors (Lipinski definition) is 3. The molecule has 0 atom stereocenters. The Kier molecular flexibility index (Phi) is 1.32. The maximum Gasteiger partial charge on any atom is 0.125 e. The van der Waals surface area contributed by atoms with Gasteiger partial charge in [0.05, 0.1) is 5.00 Å². The fourth-order valence-electron chi connectivity index (χ4n) is 1.03. The van der Waals surface area contributed by atoms with Crippen LogP contribution in [0.25, 0.3) is 10.2 Å². The average Bonchev–Trinajstić information content (AvgIpc) is 2.27. The van der Waals surface area contributed by atoms with Crippen LogP contribution in [0.1, 0.15) is 5.69 Å². The second kappa shape index (κ2) is 2.20. The topological polar surface area (TPSA) is 38.9 Å². The highest BCUT2D eigenvalue weighted by Gasteiger charge is 1.98. The average molecular weight is 164 g/mol. The summed E-state index contributed by atoms with van der Waals surface area (Å²) in [6, 6.07) is 5.99. The quantitative estimate of drug-likeness (QED) is 0.648. The second-order valence-corrected chi connectivity index (χ2v) is 3.56. The first-order valence-electron chi connectivity index (χ1n) is 3.38. The zero-order chi connectivity index (χ0) is 7.84. The van der Waals surface area contributed by atoms with Gasteiger partial charge in [0.15, 0.2) is 0 Å². The molecule has 2 nitrogen and oxygen atoms in total. The van der Waals surface area contributed by atoms with E-state index < -0.39 is 0 Å². The Morgan fingerprint density at radius 3 is 3.09 bits per heavy atom. The molecule has 11 heavy (non-hydrogen) atoms. The summed E-state index contributed by atoms with van der Waals surface area (Å²) in [6.07, 6.45) is 0. The lowest BCUT2D eigenvalue weighted by atomic mass is 10.3. The van der Waals surface area contributed by atoms with E-state index in [4.69, 9.17) is 5.73 Å². The molecule has 0 spiro atoms. The van der Waals surface area contributed by atoms with Gasteiger partial charge < -0.3 is 5.73 Å². The lowest BCUT2D eigenvalue weighted by molar-refractivity contribution is 1.27. The molecule has 0 bridgehead atoms. The van der Waals surface area contributed by atoms with E-state index in [1.54, 1.807) is 0 Å². The predicted octanol–water partition coefficient (Wildman–Crippen LogP) is 2.19. The van der Waals surface area contributed by atoms with Crippen molar-refractivity contribution in [2.24, 2.45) is 0 Å². The first-order valence-corrected chi connectivity index (χ1v) is 4.20. The first kappa shape index (κ1) is 6.61. The minimum absolute atomic E-state index is 0.832. The summed E-state index contributed by atoms with van der Waals surface area (Å²) < 4.78 is 0. The SMILES string of the molecule is Cc1ccc2cc(N)sc2n1. The van der Waals surface area contributed by atoms with Crippen molar-refractivity contribution >= 4 is 26.6 Å². The Morgan fingerprint density at radius 1 is 1.45 bits per heavy atom. The highest BCUT2D eigenvalue weighted by Crippen LogP contribution is 2.25. The van der Waals surface area contributed by atoms with Gasteiger partial charge in [0.1, 0.15) is 4.83 Å². The molecule has 56 valence electrons. The predicted molar refractivity (Wildman–Crippen MR) is 48.8 cm³/mol. The van der Waals surface area contributed by atoms with E-state index in [1.807, 2.05) is 25.1 Å². The molecule has 0 amide bonds. The third kappa shape index (κ3) is 1.07. The van der Waals surface area contributed by atoms with Gasteiger partial charge in [-0.05, 0) is 19.1 Å². The van der Waals surface area contributed by atoms with Gasteiger partial charge in [0, 0.05) is 11.1 Å². The Balaban J connectivity index is 2.82. The molecule has 0 fully saturated rings. The summed E-state index contributed by atoms with van der Waals surface area (Å²) in [7, 11) is 0. The number of nitrogens with zero attached hydrogens (tertiary/aromatic N) is 1. The fraction of sp³-hybridized carbons (Fsp3) is 0.125. The molecule has 2 heterocycles. The van der Waals surface area contributed by atoms with Crippen molar-refractivity contribution in [1.29, 1.82) is 0 Å². The van der Waals surface area contributed by atoms with Gasteiger partial charge in [-0.1, -0.05) is 17.4 Å². The van der Waals surface area contributed by atoms with E-state index in [0.29, 0.717) is 0 Å². The molecular formula is C8H8N2S. The Labute approximate surface area is 68.7 Å². The maximum atomic E-state index is 5.62. The largest absolute Gasteiger partial charge is 0.391 e. The summed E-state index contributed by atoms with van der Waals surface area (Å²) >= 11 is 1.53. The van der Waals surface area contributed by atoms with E-state index in [0.717, 1.165) is 20.9 Å². The summed E-state index contributed by atoms with van der Waals surface area (Å²) in [5, 5.41) is 1.97. The van der Waals surface area contributed by atoms with Crippen LogP contribution in [0.5, 0.6) is 0 Å². The molecule has 0 unspecified atom stereocenters. The van der Waals surface area contributed by atoms with Crippen LogP contribution in [0.15, 0.2) is 18.2 Å². The fourth-order valence-corrected chi connectivity index (χ4v) is 1.87. The Hall–Kier alpha value is -1.09. The number of pyridine rings is 1. The molecule has 0 saturated heterocycles. The van der Waals surface area contributed by atoms with Gasteiger partial charge in [-0.3, -0.25) is 0 Å². The van der Waals surface area contributed by atoms with Crippen molar-refractivity contribution in [2.45, 2.75) is 6.92 Å². The Morgan fingerprint density at radius 2 is 2.27 bits per heavy atom. The van der Waals surface area contributed by atoms with E-state index in [1.165, 1.54) is 11.3 Å². The minimum Gasteiger partial charge on any atom is -0.391 e. The number of anilines is 1. The van der Waals surface area contributed by atoms with Crippen molar-refractivity contribution in [3.05, 3.63) is 23.9 Å². The molecule has 2 rings (SSSR count). The zero-order valence-corrected chi connectivity index (χ0v) is 6.98. The van der Waals surface area contributed by atoms with Crippen molar-refractivity contribution in [1.82, 2.24) is 4.98 Å². The molecular weight excluding hydrogens is 156 g/mol. The first-order chi connectivity index (χ1) is 5.25. The summed E-state index contributed by atoms with van der Waals surface area (Å²) in [5.74, 6) is 0. The van der Waals surface area contributed by atoms with Crippen LogP contribution in [0, 0.1) is 6.92 Å². The number of aryl methyl sites for hydroxylation is 1. The monoisotopic (exact) mass is 164 g/mol. The number of fused-ring (bicyclic) bond motifs is 1. The smallest absolute Gasteiger partial charge is 0.125 e. The van der Waals surface area contributed by atoms with Gasteiger partial charge >= 0.3 is 0 Å². The van der Waals surface area contributed by atoms with Crippen LogP contribution >= 0.6 is 11.3 Å². The van der Waals surface area contributed by atoms with E-state index >= 15 is 0 Å².